The van der Waals surface area contributed by atoms with Gasteiger partial charge in [-0.2, -0.15) is 0 Å². The van der Waals surface area contributed by atoms with Crippen molar-refractivity contribution in [1.29, 1.82) is 0 Å². The molecule has 1 aliphatic rings. The zero-order valence-corrected chi connectivity index (χ0v) is 24.6. The molecule has 1 aliphatic heterocycles. The Morgan fingerprint density at radius 2 is 1.77 bits per heavy atom. The fourth-order valence-corrected chi connectivity index (χ4v) is 5.77. The number of carbonyl (C=O) groups excluding carboxylic acids is 1. The number of aromatic amines is 1. The Hall–Kier alpha value is -3.57. The quantitative estimate of drug-likeness (QED) is 0.300. The lowest BCUT2D eigenvalue weighted by Crippen LogP contribution is -2.37. The summed E-state index contributed by atoms with van der Waals surface area (Å²) >= 11 is 0. The van der Waals surface area contributed by atoms with Crippen LogP contribution in [0.5, 0.6) is 5.75 Å². The van der Waals surface area contributed by atoms with Crippen LogP contribution in [0.15, 0.2) is 36.4 Å². The molecule has 1 fully saturated rings. The van der Waals surface area contributed by atoms with E-state index in [1.54, 1.807) is 18.2 Å². The van der Waals surface area contributed by atoms with Crippen LogP contribution in [0.2, 0.25) is 0 Å². The lowest BCUT2D eigenvalue weighted by Gasteiger charge is -2.35. The molecule has 0 bridgehead atoms. The SMILES string of the molecule is COc1c(NC(=O)c2cc3cccc(C(C)N4CCC(C(=O)O)CC4)c3[nH]2)cc(C(C)(C)C)cc1NS(C)(=O)=O. The number of likely N-dealkylation sites (tertiary alicyclic amines) is 1. The fraction of sp³-hybridized carbons (Fsp3) is 0.448. The highest BCUT2D eigenvalue weighted by atomic mass is 32.2. The number of sulfonamides is 1. The van der Waals surface area contributed by atoms with E-state index in [1.165, 1.54) is 7.11 Å². The normalized spacial score (nSPS) is 16.1. The maximum absolute atomic E-state index is 13.5. The van der Waals surface area contributed by atoms with E-state index in [0.717, 1.165) is 28.3 Å². The standard InChI is InChI=1S/C29H38N4O6S/c1-17(33-12-10-18(11-13-33)28(35)36)21-9-7-8-19-14-24(30-25(19)21)27(34)31-22-15-20(29(2,3)4)16-23(26(22)39-5)32-40(6,37)38/h7-9,14-18,30,32H,10-13H2,1-6H3,(H,31,34)(H,35,36). The first-order valence-electron chi connectivity index (χ1n) is 13.3. The number of piperidine rings is 1. The van der Waals surface area contributed by atoms with Crippen LogP contribution in [0.25, 0.3) is 10.9 Å². The molecule has 1 amide bonds. The van der Waals surface area contributed by atoms with Crippen molar-refractivity contribution in [2.45, 2.75) is 52.0 Å². The number of anilines is 2. The van der Waals surface area contributed by atoms with E-state index in [2.05, 4.69) is 26.8 Å². The van der Waals surface area contributed by atoms with Gasteiger partial charge in [-0.15, -0.1) is 0 Å². The summed E-state index contributed by atoms with van der Waals surface area (Å²) in [4.78, 5) is 30.4. The average molecular weight is 571 g/mol. The number of carbonyl (C=O) groups is 2. The highest BCUT2D eigenvalue weighted by Gasteiger charge is 2.29. The molecule has 0 radical (unpaired) electrons. The van der Waals surface area contributed by atoms with Gasteiger partial charge >= 0.3 is 5.97 Å². The highest BCUT2D eigenvalue weighted by Crippen LogP contribution is 2.39. The summed E-state index contributed by atoms with van der Waals surface area (Å²) < 4.78 is 32.1. The third-order valence-electron chi connectivity index (χ3n) is 7.51. The van der Waals surface area contributed by atoms with Gasteiger partial charge in [-0.3, -0.25) is 19.2 Å². The number of ether oxygens (including phenoxy) is 1. The number of carboxylic acids is 1. The van der Waals surface area contributed by atoms with Crippen molar-refractivity contribution in [3.8, 4) is 5.75 Å². The predicted octanol–water partition coefficient (Wildman–Crippen LogP) is 4.96. The van der Waals surface area contributed by atoms with Crippen LogP contribution in [-0.2, 0) is 20.2 Å². The Kier molecular flexibility index (Phi) is 8.18. The van der Waals surface area contributed by atoms with E-state index in [-0.39, 0.29) is 28.8 Å². The third kappa shape index (κ3) is 6.42. The minimum absolute atomic E-state index is 0.0289. The molecule has 4 N–H and O–H groups in total. The third-order valence-corrected chi connectivity index (χ3v) is 8.10. The number of H-pyrrole nitrogens is 1. The number of para-hydroxylation sites is 1. The minimum Gasteiger partial charge on any atom is -0.492 e. The summed E-state index contributed by atoms with van der Waals surface area (Å²) in [6, 6.07) is 11.2. The fourth-order valence-electron chi connectivity index (χ4n) is 5.22. The first-order chi connectivity index (χ1) is 18.7. The van der Waals surface area contributed by atoms with Crippen LogP contribution in [0.3, 0.4) is 0 Å². The number of hydrogen-bond donors (Lipinski definition) is 4. The van der Waals surface area contributed by atoms with Gasteiger partial charge < -0.3 is 20.1 Å². The van der Waals surface area contributed by atoms with Gasteiger partial charge in [-0.25, -0.2) is 8.42 Å². The summed E-state index contributed by atoms with van der Waals surface area (Å²) in [7, 11) is -2.18. The highest BCUT2D eigenvalue weighted by molar-refractivity contribution is 7.92. The molecular formula is C29H38N4O6S. The molecule has 0 aliphatic carbocycles. The first kappa shape index (κ1) is 29.4. The summed E-state index contributed by atoms with van der Waals surface area (Å²) in [6.45, 7) is 9.46. The van der Waals surface area contributed by atoms with Crippen molar-refractivity contribution >= 4 is 44.2 Å². The number of aliphatic carboxylic acids is 1. The summed E-state index contributed by atoms with van der Waals surface area (Å²) in [5.74, 6) is -1.23. The summed E-state index contributed by atoms with van der Waals surface area (Å²) in [5.41, 5.74) is 3.29. The van der Waals surface area contributed by atoms with E-state index in [1.807, 2.05) is 39.0 Å². The van der Waals surface area contributed by atoms with E-state index >= 15 is 0 Å². The van der Waals surface area contributed by atoms with Crippen LogP contribution >= 0.6 is 0 Å². The Morgan fingerprint density at radius 3 is 2.35 bits per heavy atom. The number of nitrogens with one attached hydrogen (secondary N) is 3. The van der Waals surface area contributed by atoms with Crippen molar-refractivity contribution in [2.75, 3.05) is 36.5 Å². The summed E-state index contributed by atoms with van der Waals surface area (Å²) in [6.07, 6.45) is 2.28. The first-order valence-corrected chi connectivity index (χ1v) is 15.2. The number of carboxylic acid groups (broad SMARTS) is 1. The maximum Gasteiger partial charge on any atom is 0.306 e. The second kappa shape index (κ2) is 11.1. The number of rotatable bonds is 8. The molecule has 1 saturated heterocycles. The van der Waals surface area contributed by atoms with Gasteiger partial charge in [0.1, 0.15) is 5.69 Å². The predicted molar refractivity (Wildman–Crippen MR) is 157 cm³/mol. The maximum atomic E-state index is 13.5. The molecule has 4 rings (SSSR count). The average Bonchev–Trinajstić information content (AvgIpc) is 3.31. The number of nitrogens with zero attached hydrogens (tertiary/aromatic N) is 1. The largest absolute Gasteiger partial charge is 0.492 e. The second-order valence-electron chi connectivity index (χ2n) is 11.5. The molecule has 0 saturated carbocycles. The monoisotopic (exact) mass is 570 g/mol. The van der Waals surface area contributed by atoms with Gasteiger partial charge in [0.15, 0.2) is 5.75 Å². The van der Waals surface area contributed by atoms with E-state index in [0.29, 0.717) is 37.3 Å². The number of aromatic nitrogens is 1. The van der Waals surface area contributed by atoms with Crippen LogP contribution in [0, 0.1) is 5.92 Å². The number of benzene rings is 2. The van der Waals surface area contributed by atoms with Crippen molar-refractivity contribution in [2.24, 2.45) is 5.92 Å². The Balaban J connectivity index is 1.65. The molecule has 10 nitrogen and oxygen atoms in total. The van der Waals surface area contributed by atoms with Crippen molar-refractivity contribution in [1.82, 2.24) is 9.88 Å². The molecule has 1 aromatic heterocycles. The van der Waals surface area contributed by atoms with E-state index < -0.39 is 21.9 Å². The van der Waals surface area contributed by atoms with Gasteiger partial charge in [0.25, 0.3) is 5.91 Å². The molecule has 2 heterocycles. The molecule has 1 unspecified atom stereocenters. The van der Waals surface area contributed by atoms with Crippen LogP contribution in [-0.4, -0.2) is 61.7 Å². The van der Waals surface area contributed by atoms with E-state index in [9.17, 15) is 23.1 Å². The molecule has 0 spiro atoms. The molecule has 11 heteroatoms. The van der Waals surface area contributed by atoms with Gasteiger partial charge in [-0.1, -0.05) is 39.0 Å². The minimum atomic E-state index is -3.60. The van der Waals surface area contributed by atoms with E-state index in [4.69, 9.17) is 4.74 Å². The topological polar surface area (TPSA) is 141 Å². The van der Waals surface area contributed by atoms with Crippen LogP contribution < -0.4 is 14.8 Å². The lowest BCUT2D eigenvalue weighted by molar-refractivity contribution is -0.143. The van der Waals surface area contributed by atoms with Crippen LogP contribution in [0.4, 0.5) is 11.4 Å². The van der Waals surface area contributed by atoms with Crippen molar-refractivity contribution in [3.05, 3.63) is 53.2 Å². The van der Waals surface area contributed by atoms with Crippen molar-refractivity contribution in [3.63, 3.8) is 0 Å². The van der Waals surface area contributed by atoms with Crippen molar-refractivity contribution < 1.29 is 27.9 Å². The molecule has 3 aromatic rings. The van der Waals surface area contributed by atoms with Gasteiger partial charge in [0, 0.05) is 11.4 Å². The molecule has 1 atom stereocenters. The number of fused-ring (bicyclic) bond motifs is 1. The van der Waals surface area contributed by atoms with Crippen LogP contribution in [0.1, 0.15) is 68.2 Å². The Labute approximate surface area is 235 Å². The molecular weight excluding hydrogens is 532 g/mol. The molecule has 216 valence electrons. The smallest absolute Gasteiger partial charge is 0.306 e. The number of methoxy groups -OCH3 is 1. The molecule has 2 aromatic carbocycles. The number of amides is 1. The van der Waals surface area contributed by atoms with Gasteiger partial charge in [0.2, 0.25) is 10.0 Å². The van der Waals surface area contributed by atoms with Gasteiger partial charge in [0.05, 0.1) is 36.2 Å². The molecule has 40 heavy (non-hydrogen) atoms. The Bertz CT molecular complexity index is 1530. The van der Waals surface area contributed by atoms with Gasteiger partial charge in [-0.05, 0) is 67.6 Å². The second-order valence-corrected chi connectivity index (χ2v) is 13.3. The Morgan fingerprint density at radius 1 is 1.12 bits per heavy atom. The lowest BCUT2D eigenvalue weighted by atomic mass is 9.86. The zero-order chi connectivity index (χ0) is 29.4. The number of hydrogen-bond acceptors (Lipinski definition) is 6. The zero-order valence-electron chi connectivity index (χ0n) is 23.8. The summed E-state index contributed by atoms with van der Waals surface area (Å²) in [5, 5.41) is 13.1.